The first-order chi connectivity index (χ1) is 18.5. The topological polar surface area (TPSA) is 98.0 Å². The molecule has 0 unspecified atom stereocenters. The summed E-state index contributed by atoms with van der Waals surface area (Å²) in [7, 11) is 0. The van der Waals surface area contributed by atoms with Gasteiger partial charge >= 0.3 is 12.3 Å². The molecule has 0 radical (unpaired) electrons. The van der Waals surface area contributed by atoms with E-state index in [4.69, 9.17) is 9.47 Å². The van der Waals surface area contributed by atoms with Crippen molar-refractivity contribution >= 4 is 17.5 Å². The Morgan fingerprint density at radius 3 is 2.36 bits per heavy atom. The lowest BCUT2D eigenvalue weighted by Gasteiger charge is -2.35. The van der Waals surface area contributed by atoms with E-state index in [2.05, 4.69) is 22.9 Å². The molecule has 2 aromatic rings. The number of carbonyl (C=O) groups is 1. The molecular weight excluding hydrogens is 517 g/mol. The van der Waals surface area contributed by atoms with Gasteiger partial charge in [0.2, 0.25) is 0 Å². The van der Waals surface area contributed by atoms with Crippen LogP contribution in [0.4, 0.5) is 29.3 Å². The second kappa shape index (κ2) is 13.5. The van der Waals surface area contributed by atoms with E-state index in [0.717, 1.165) is 55.4 Å². The standard InChI is InChI=1S/C19H29N3O3.C8H6F3NO2/c1-3-24-19(23)22-10-8-21(9-11-22)16-12-18(14-20-13-16)25-17-6-4-15(2)5-7-17;1-5-2-3-7(12(13)14)6(4-5)8(9,10)11/h12-15,17H,3-11H2,1-2H3;2-4H,1H3. The predicted octanol–water partition coefficient (Wildman–Crippen LogP) is 6.24. The molecule has 1 aromatic carbocycles. The zero-order chi connectivity index (χ0) is 28.6. The average molecular weight is 553 g/mol. The summed E-state index contributed by atoms with van der Waals surface area (Å²) >= 11 is 0. The lowest BCUT2D eigenvalue weighted by Crippen LogP contribution is -2.49. The molecule has 2 aliphatic rings. The molecule has 0 N–H and O–H groups in total. The summed E-state index contributed by atoms with van der Waals surface area (Å²) in [4.78, 5) is 29.4. The number of halogens is 3. The minimum absolute atomic E-state index is 0.219. The fraction of sp³-hybridized carbons (Fsp3) is 0.556. The summed E-state index contributed by atoms with van der Waals surface area (Å²) in [5, 5.41) is 10.3. The van der Waals surface area contributed by atoms with Gasteiger partial charge in [-0.15, -0.1) is 0 Å². The van der Waals surface area contributed by atoms with E-state index < -0.39 is 22.4 Å². The molecule has 9 nitrogen and oxygen atoms in total. The van der Waals surface area contributed by atoms with E-state index in [0.29, 0.717) is 31.4 Å². The summed E-state index contributed by atoms with van der Waals surface area (Å²) < 4.78 is 48.1. The SMILES string of the molecule is CCOC(=O)N1CCN(c2cncc(OC3CCC(C)CC3)c2)CC1.Cc1ccc([N+](=O)[O-])c(C(F)(F)F)c1. The third kappa shape index (κ3) is 8.72. The number of aromatic nitrogens is 1. The lowest BCUT2D eigenvalue weighted by atomic mass is 9.89. The number of alkyl halides is 3. The van der Waals surface area contributed by atoms with Crippen molar-refractivity contribution in [3.05, 3.63) is 57.9 Å². The third-order valence-electron chi connectivity index (χ3n) is 6.79. The van der Waals surface area contributed by atoms with Gasteiger partial charge in [0, 0.05) is 38.3 Å². The van der Waals surface area contributed by atoms with Crippen LogP contribution >= 0.6 is 0 Å². The molecule has 1 aliphatic heterocycles. The minimum atomic E-state index is -4.69. The second-order valence-electron chi connectivity index (χ2n) is 9.83. The number of hydrogen-bond acceptors (Lipinski definition) is 7. The van der Waals surface area contributed by atoms with Crippen molar-refractivity contribution in [2.24, 2.45) is 5.92 Å². The van der Waals surface area contributed by atoms with Gasteiger partial charge in [0.05, 0.1) is 35.7 Å². The normalized spacial score (nSPS) is 19.5. The number of benzene rings is 1. The molecule has 0 spiro atoms. The first-order valence-electron chi connectivity index (χ1n) is 13.1. The van der Waals surface area contributed by atoms with Crippen LogP contribution in [0.15, 0.2) is 36.7 Å². The first kappa shape index (κ1) is 30.0. The predicted molar refractivity (Wildman–Crippen MR) is 140 cm³/mol. The number of aryl methyl sites for hydroxylation is 1. The summed E-state index contributed by atoms with van der Waals surface area (Å²) in [5.74, 6) is 1.67. The van der Waals surface area contributed by atoms with Crippen molar-refractivity contribution in [3.63, 3.8) is 0 Å². The molecule has 0 atom stereocenters. The number of rotatable bonds is 5. The zero-order valence-electron chi connectivity index (χ0n) is 22.4. The van der Waals surface area contributed by atoms with Crippen LogP contribution in [0, 0.1) is 23.0 Å². The van der Waals surface area contributed by atoms with Gasteiger partial charge in [-0.05, 0) is 51.5 Å². The van der Waals surface area contributed by atoms with Crippen molar-refractivity contribution in [1.29, 1.82) is 0 Å². The number of hydrogen-bond donors (Lipinski definition) is 0. The second-order valence-corrected chi connectivity index (χ2v) is 9.83. The van der Waals surface area contributed by atoms with Gasteiger partial charge in [-0.1, -0.05) is 18.6 Å². The van der Waals surface area contributed by atoms with Crippen molar-refractivity contribution in [3.8, 4) is 5.75 Å². The Morgan fingerprint density at radius 2 is 1.77 bits per heavy atom. The monoisotopic (exact) mass is 552 g/mol. The molecule has 4 rings (SSSR count). The summed E-state index contributed by atoms with van der Waals surface area (Å²) in [6, 6.07) is 4.97. The Balaban J connectivity index is 0.000000255. The molecule has 214 valence electrons. The van der Waals surface area contributed by atoms with Crippen LogP contribution in [0.1, 0.15) is 50.7 Å². The molecule has 1 amide bonds. The number of pyridine rings is 1. The maximum Gasteiger partial charge on any atom is 0.423 e. The number of nitrogens with zero attached hydrogens (tertiary/aromatic N) is 4. The summed E-state index contributed by atoms with van der Waals surface area (Å²) in [5.41, 5.74) is -0.723. The van der Waals surface area contributed by atoms with Crippen LogP contribution in [0.2, 0.25) is 0 Å². The van der Waals surface area contributed by atoms with Gasteiger partial charge in [-0.3, -0.25) is 15.1 Å². The Hall–Kier alpha value is -3.57. The van der Waals surface area contributed by atoms with Crippen LogP contribution in [-0.2, 0) is 10.9 Å². The highest BCUT2D eigenvalue weighted by Gasteiger charge is 2.38. The Bertz CT molecular complexity index is 1110. The number of nitro groups is 1. The van der Waals surface area contributed by atoms with Crippen molar-refractivity contribution in [2.45, 2.75) is 58.7 Å². The molecule has 1 saturated carbocycles. The van der Waals surface area contributed by atoms with Crippen molar-refractivity contribution < 1.29 is 32.4 Å². The molecular formula is C27H35F3N4O5. The quantitative estimate of drug-likeness (QED) is 0.320. The number of carbonyl (C=O) groups excluding carboxylic acids is 1. The van der Waals surface area contributed by atoms with Gasteiger partial charge in [0.1, 0.15) is 11.3 Å². The molecule has 2 fully saturated rings. The van der Waals surface area contributed by atoms with Crippen LogP contribution in [0.5, 0.6) is 5.75 Å². The Kier molecular flexibility index (Phi) is 10.4. The molecule has 2 heterocycles. The minimum Gasteiger partial charge on any atom is -0.489 e. The van der Waals surface area contributed by atoms with Crippen molar-refractivity contribution in [2.75, 3.05) is 37.7 Å². The Labute approximate surface area is 226 Å². The highest BCUT2D eigenvalue weighted by Crippen LogP contribution is 2.36. The van der Waals surface area contributed by atoms with E-state index >= 15 is 0 Å². The number of amides is 1. The average Bonchev–Trinajstić information content (AvgIpc) is 2.90. The van der Waals surface area contributed by atoms with Gasteiger partial charge in [-0.2, -0.15) is 13.2 Å². The highest BCUT2D eigenvalue weighted by molar-refractivity contribution is 5.68. The van der Waals surface area contributed by atoms with Gasteiger partial charge < -0.3 is 19.3 Å². The molecule has 0 bridgehead atoms. The van der Waals surface area contributed by atoms with Crippen molar-refractivity contribution in [1.82, 2.24) is 9.88 Å². The highest BCUT2D eigenvalue weighted by atomic mass is 19.4. The molecule has 39 heavy (non-hydrogen) atoms. The molecule has 1 aromatic heterocycles. The van der Waals surface area contributed by atoms with Crippen LogP contribution in [-0.4, -0.2) is 59.8 Å². The smallest absolute Gasteiger partial charge is 0.423 e. The van der Waals surface area contributed by atoms with E-state index in [1.165, 1.54) is 25.8 Å². The van der Waals surface area contributed by atoms with Crippen LogP contribution in [0.3, 0.4) is 0 Å². The van der Waals surface area contributed by atoms with Crippen LogP contribution < -0.4 is 9.64 Å². The lowest BCUT2D eigenvalue weighted by molar-refractivity contribution is -0.388. The maximum absolute atomic E-state index is 12.3. The molecule has 1 saturated heterocycles. The zero-order valence-corrected chi connectivity index (χ0v) is 22.4. The first-order valence-corrected chi connectivity index (χ1v) is 13.1. The molecule has 1 aliphatic carbocycles. The van der Waals surface area contributed by atoms with Gasteiger partial charge in [0.25, 0.3) is 5.69 Å². The van der Waals surface area contributed by atoms with E-state index in [-0.39, 0.29) is 6.09 Å². The number of piperazine rings is 1. The van der Waals surface area contributed by atoms with Gasteiger partial charge in [-0.25, -0.2) is 4.79 Å². The maximum atomic E-state index is 12.3. The Morgan fingerprint density at radius 1 is 1.10 bits per heavy atom. The largest absolute Gasteiger partial charge is 0.489 e. The van der Waals surface area contributed by atoms with Gasteiger partial charge in [0.15, 0.2) is 0 Å². The summed E-state index contributed by atoms with van der Waals surface area (Å²) in [6.07, 6.45) is 3.83. The number of anilines is 1. The third-order valence-corrected chi connectivity index (χ3v) is 6.79. The molecule has 12 heteroatoms. The fourth-order valence-corrected chi connectivity index (χ4v) is 4.58. The van der Waals surface area contributed by atoms with Crippen LogP contribution in [0.25, 0.3) is 0 Å². The van der Waals surface area contributed by atoms with E-state index in [9.17, 15) is 28.1 Å². The van der Waals surface area contributed by atoms with E-state index in [1.807, 2.05) is 13.1 Å². The fourth-order valence-electron chi connectivity index (χ4n) is 4.58. The number of ether oxygens (including phenoxy) is 2. The summed E-state index contributed by atoms with van der Waals surface area (Å²) in [6.45, 7) is 8.92. The van der Waals surface area contributed by atoms with E-state index in [1.54, 1.807) is 11.1 Å². The number of nitro benzene ring substituents is 1.